The van der Waals surface area contributed by atoms with Crippen LogP contribution in [0.4, 0.5) is 42.0 Å². The Kier molecular flexibility index (Phi) is 10.6. The number of aromatic nitrogens is 2. The van der Waals surface area contributed by atoms with Crippen LogP contribution in [-0.2, 0) is 17.5 Å². The summed E-state index contributed by atoms with van der Waals surface area (Å²) in [5.41, 5.74) is 3.00. The topological polar surface area (TPSA) is 111 Å². The number of hydrogen-bond acceptors (Lipinski definition) is 7. The van der Waals surface area contributed by atoms with Crippen molar-refractivity contribution in [1.82, 2.24) is 20.2 Å². The molecule has 3 aromatic carbocycles. The molecule has 1 unspecified atom stereocenters. The van der Waals surface area contributed by atoms with E-state index in [1.165, 1.54) is 23.8 Å². The number of para-hydroxylation sites is 1. The number of rotatable bonds is 11. The van der Waals surface area contributed by atoms with Gasteiger partial charge >= 0.3 is 6.18 Å². The smallest absolute Gasteiger partial charge is 0.381 e. The lowest BCUT2D eigenvalue weighted by molar-refractivity contribution is -0.137. The summed E-state index contributed by atoms with van der Waals surface area (Å²) in [5.74, 6) is -0.733. The molecular weight excluding hydrogens is 619 g/mol. The molecule has 1 atom stereocenters. The van der Waals surface area contributed by atoms with Crippen LogP contribution in [0.15, 0.2) is 91.6 Å². The van der Waals surface area contributed by atoms with Gasteiger partial charge in [0.05, 0.1) is 11.3 Å². The van der Waals surface area contributed by atoms with Crippen molar-refractivity contribution >= 4 is 40.6 Å². The van der Waals surface area contributed by atoms with E-state index in [0.29, 0.717) is 25.0 Å². The predicted molar refractivity (Wildman–Crippen MR) is 182 cm³/mol. The van der Waals surface area contributed by atoms with Crippen LogP contribution in [0, 0.1) is 0 Å². The largest absolute Gasteiger partial charge is 0.421 e. The Morgan fingerprint density at radius 2 is 1.79 bits per heavy atom. The van der Waals surface area contributed by atoms with Gasteiger partial charge in [-0.1, -0.05) is 43.0 Å². The fraction of sp³-hybridized carbons (Fsp3) is 0.278. The first kappa shape index (κ1) is 34.0. The number of benzene rings is 3. The van der Waals surface area contributed by atoms with E-state index in [2.05, 4.69) is 49.9 Å². The van der Waals surface area contributed by atoms with Gasteiger partial charge in [-0.3, -0.25) is 9.59 Å². The molecule has 48 heavy (non-hydrogen) atoms. The monoisotopic (exact) mass is 657 g/mol. The summed E-state index contributed by atoms with van der Waals surface area (Å²) in [6.45, 7) is 9.16. The van der Waals surface area contributed by atoms with E-state index in [9.17, 15) is 22.8 Å². The maximum absolute atomic E-state index is 13.9. The Morgan fingerprint density at radius 1 is 1.02 bits per heavy atom. The molecule has 2 amide bonds. The third-order valence-corrected chi connectivity index (χ3v) is 7.91. The summed E-state index contributed by atoms with van der Waals surface area (Å²) in [6, 6.07) is 21.7. The van der Waals surface area contributed by atoms with Crippen molar-refractivity contribution in [2.75, 3.05) is 29.0 Å². The maximum atomic E-state index is 13.9. The molecule has 1 aliphatic heterocycles. The number of hydrogen-bond donors (Lipinski definition) is 4. The number of carbonyl (C=O) groups is 2. The number of anilines is 5. The van der Waals surface area contributed by atoms with E-state index in [4.69, 9.17) is 0 Å². The van der Waals surface area contributed by atoms with Gasteiger partial charge in [-0.15, -0.1) is 0 Å². The van der Waals surface area contributed by atoms with E-state index in [1.807, 2.05) is 29.2 Å². The van der Waals surface area contributed by atoms with Gasteiger partial charge in [0.25, 0.3) is 5.91 Å². The third-order valence-electron chi connectivity index (χ3n) is 7.91. The highest BCUT2D eigenvalue weighted by atomic mass is 19.4. The van der Waals surface area contributed by atoms with Crippen LogP contribution < -0.4 is 21.3 Å². The quantitative estimate of drug-likeness (QED) is 0.123. The van der Waals surface area contributed by atoms with Gasteiger partial charge in [0.1, 0.15) is 11.4 Å². The van der Waals surface area contributed by atoms with Crippen LogP contribution in [0.25, 0.3) is 0 Å². The van der Waals surface area contributed by atoms with Crippen molar-refractivity contribution in [1.29, 1.82) is 0 Å². The van der Waals surface area contributed by atoms with Crippen LogP contribution in [0.3, 0.4) is 0 Å². The molecule has 4 aromatic rings. The molecule has 1 aromatic heterocycles. The van der Waals surface area contributed by atoms with Crippen LogP contribution in [0.5, 0.6) is 0 Å². The Balaban J connectivity index is 1.25. The molecule has 0 bridgehead atoms. The summed E-state index contributed by atoms with van der Waals surface area (Å²) in [7, 11) is 0. The molecule has 0 saturated carbocycles. The molecule has 0 spiro atoms. The molecule has 5 rings (SSSR count). The number of alkyl halides is 3. The molecule has 2 heterocycles. The van der Waals surface area contributed by atoms with Crippen molar-refractivity contribution in [2.24, 2.45) is 0 Å². The number of likely N-dealkylation sites (tertiary alicyclic amines) is 1. The van der Waals surface area contributed by atoms with Crippen molar-refractivity contribution in [3.63, 3.8) is 0 Å². The Bertz CT molecular complexity index is 1760. The molecule has 9 nitrogen and oxygen atoms in total. The second-order valence-electron chi connectivity index (χ2n) is 11.9. The number of nitrogens with one attached hydrogen (secondary N) is 4. The zero-order chi connectivity index (χ0) is 34.3. The molecule has 12 heteroatoms. The summed E-state index contributed by atoms with van der Waals surface area (Å²) in [5, 5.41) is 11.9. The van der Waals surface area contributed by atoms with Crippen LogP contribution in [0.1, 0.15) is 59.7 Å². The second kappa shape index (κ2) is 15.0. The fourth-order valence-corrected chi connectivity index (χ4v) is 5.52. The lowest BCUT2D eigenvalue weighted by Crippen LogP contribution is -2.38. The van der Waals surface area contributed by atoms with Crippen molar-refractivity contribution in [2.45, 2.75) is 51.4 Å². The average molecular weight is 658 g/mol. The minimum absolute atomic E-state index is 0.0392. The van der Waals surface area contributed by atoms with Crippen molar-refractivity contribution in [3.8, 4) is 0 Å². The maximum Gasteiger partial charge on any atom is 0.421 e. The standard InChI is InChI=1S/C36H38F3N7O2/c1-4-32(47)46-18-8-10-26(22-46)25-9-7-11-28(19-25)40-20-24-14-16-27(17-15-24)43-35-41-21-30(36(37,38)39)33(45-35)44-31-13-6-5-12-29(31)34(48)42-23(2)3/h4-7,9,11-17,19,21,23,26,40H,1,8,10,18,20,22H2,2-3H3,(H,42,48)(H2,41,43,44,45). The molecule has 0 radical (unpaired) electrons. The van der Waals surface area contributed by atoms with Gasteiger partial charge in [-0.25, -0.2) is 4.98 Å². The van der Waals surface area contributed by atoms with Crippen molar-refractivity contribution < 1.29 is 22.8 Å². The highest BCUT2D eigenvalue weighted by molar-refractivity contribution is 6.00. The summed E-state index contributed by atoms with van der Waals surface area (Å²) >= 11 is 0. The van der Waals surface area contributed by atoms with E-state index in [0.717, 1.165) is 30.6 Å². The zero-order valence-corrected chi connectivity index (χ0v) is 26.8. The molecular formula is C36H38F3N7O2. The van der Waals surface area contributed by atoms with Crippen LogP contribution in [0.2, 0.25) is 0 Å². The Hall–Kier alpha value is -5.39. The highest BCUT2D eigenvalue weighted by Gasteiger charge is 2.35. The molecule has 0 aliphatic carbocycles. The van der Waals surface area contributed by atoms with Crippen LogP contribution >= 0.6 is 0 Å². The Labute approximate surface area is 277 Å². The number of carbonyl (C=O) groups excluding carboxylic acids is 2. The average Bonchev–Trinajstić information content (AvgIpc) is 3.07. The molecule has 4 N–H and O–H groups in total. The fourth-order valence-electron chi connectivity index (χ4n) is 5.52. The normalized spacial score (nSPS) is 14.7. The van der Waals surface area contributed by atoms with Gasteiger partial charge < -0.3 is 26.2 Å². The lowest BCUT2D eigenvalue weighted by Gasteiger charge is -2.32. The van der Waals surface area contributed by atoms with E-state index in [-0.39, 0.29) is 35.1 Å². The number of piperidine rings is 1. The summed E-state index contributed by atoms with van der Waals surface area (Å²) in [6.07, 6.45) is -0.691. The minimum Gasteiger partial charge on any atom is -0.381 e. The second-order valence-corrected chi connectivity index (χ2v) is 11.9. The molecule has 1 fully saturated rings. The first-order chi connectivity index (χ1) is 23.0. The molecule has 1 saturated heterocycles. The van der Waals surface area contributed by atoms with Gasteiger partial charge in [0, 0.05) is 49.2 Å². The van der Waals surface area contributed by atoms with Crippen molar-refractivity contribution in [3.05, 3.63) is 114 Å². The zero-order valence-electron chi connectivity index (χ0n) is 26.8. The van der Waals surface area contributed by atoms with Crippen LogP contribution in [-0.4, -0.2) is 45.8 Å². The Morgan fingerprint density at radius 3 is 2.52 bits per heavy atom. The number of nitrogens with zero attached hydrogens (tertiary/aromatic N) is 3. The van der Waals surface area contributed by atoms with E-state index >= 15 is 0 Å². The lowest BCUT2D eigenvalue weighted by atomic mass is 9.90. The van der Waals surface area contributed by atoms with Gasteiger partial charge in [0.15, 0.2) is 0 Å². The van der Waals surface area contributed by atoms with Gasteiger partial charge in [-0.05, 0) is 80.3 Å². The minimum atomic E-state index is -4.73. The first-order valence-corrected chi connectivity index (χ1v) is 15.7. The predicted octanol–water partition coefficient (Wildman–Crippen LogP) is 7.62. The van der Waals surface area contributed by atoms with E-state index < -0.39 is 23.5 Å². The number of halogens is 3. The summed E-state index contributed by atoms with van der Waals surface area (Å²) in [4.78, 5) is 34.7. The molecule has 1 aliphatic rings. The van der Waals surface area contributed by atoms with Gasteiger partial charge in [-0.2, -0.15) is 18.2 Å². The summed E-state index contributed by atoms with van der Waals surface area (Å²) < 4.78 is 41.7. The number of amides is 2. The first-order valence-electron chi connectivity index (χ1n) is 15.7. The van der Waals surface area contributed by atoms with Gasteiger partial charge in [0.2, 0.25) is 11.9 Å². The SMILES string of the molecule is C=CC(=O)N1CCCC(c2cccc(NCc3ccc(Nc4ncc(C(F)(F)F)c(Nc5ccccc5C(=O)NC(C)C)n4)cc3)c2)C1. The third kappa shape index (κ3) is 8.69. The molecule has 250 valence electrons. The van der Waals surface area contributed by atoms with E-state index in [1.54, 1.807) is 38.1 Å². The highest BCUT2D eigenvalue weighted by Crippen LogP contribution is 2.36.